The van der Waals surface area contributed by atoms with E-state index in [1.807, 2.05) is 30.3 Å². The van der Waals surface area contributed by atoms with Crippen molar-refractivity contribution in [3.63, 3.8) is 0 Å². The Kier molecular flexibility index (Phi) is 5.99. The maximum absolute atomic E-state index is 6.17. The first-order valence-corrected chi connectivity index (χ1v) is 8.33. The number of ether oxygens (including phenoxy) is 1. The van der Waals surface area contributed by atoms with E-state index >= 15 is 0 Å². The fraction of sp³-hybridized carbons (Fsp3) is 0.130. The van der Waals surface area contributed by atoms with Gasteiger partial charge < -0.3 is 4.74 Å². The predicted octanol–water partition coefficient (Wildman–Crippen LogP) is 5.74. The van der Waals surface area contributed by atoms with E-state index in [9.17, 15) is 0 Å². The molecule has 1 heteroatoms. The van der Waals surface area contributed by atoms with Crippen LogP contribution in [0.2, 0.25) is 0 Å². The summed E-state index contributed by atoms with van der Waals surface area (Å²) in [6.45, 7) is 0.607. The molecule has 0 fully saturated rings. The van der Waals surface area contributed by atoms with E-state index in [2.05, 4.69) is 72.8 Å². The number of hydrogen-bond acceptors (Lipinski definition) is 1. The molecular formula is C23H22O. The molecule has 1 atom stereocenters. The van der Waals surface area contributed by atoms with Gasteiger partial charge in [-0.05, 0) is 23.1 Å². The van der Waals surface area contributed by atoms with Crippen LogP contribution in [0.4, 0.5) is 0 Å². The lowest BCUT2D eigenvalue weighted by Gasteiger charge is -2.15. The fourth-order valence-electron chi connectivity index (χ4n) is 2.61. The van der Waals surface area contributed by atoms with Gasteiger partial charge in [0.05, 0.1) is 6.61 Å². The Hall–Kier alpha value is -2.64. The largest absolute Gasteiger partial charge is 0.365 e. The van der Waals surface area contributed by atoms with Crippen LogP contribution >= 0.6 is 0 Å². The number of rotatable bonds is 7. The van der Waals surface area contributed by atoms with Crippen molar-refractivity contribution in [1.29, 1.82) is 0 Å². The summed E-state index contributed by atoms with van der Waals surface area (Å²) >= 11 is 0. The third kappa shape index (κ3) is 4.94. The average molecular weight is 314 g/mol. The van der Waals surface area contributed by atoms with Crippen molar-refractivity contribution in [2.45, 2.75) is 19.1 Å². The normalized spacial score (nSPS) is 12.3. The molecule has 0 saturated carbocycles. The van der Waals surface area contributed by atoms with E-state index in [1.54, 1.807) is 0 Å². The van der Waals surface area contributed by atoms with Crippen LogP contribution in [0.15, 0.2) is 103 Å². The topological polar surface area (TPSA) is 9.23 Å². The molecule has 3 aromatic rings. The molecule has 0 spiro atoms. The number of hydrogen-bond donors (Lipinski definition) is 0. The van der Waals surface area contributed by atoms with Gasteiger partial charge in [-0.25, -0.2) is 0 Å². The van der Waals surface area contributed by atoms with Crippen molar-refractivity contribution in [1.82, 2.24) is 0 Å². The average Bonchev–Trinajstić information content (AvgIpc) is 2.67. The summed E-state index contributed by atoms with van der Waals surface area (Å²) in [7, 11) is 0. The van der Waals surface area contributed by atoms with Crippen LogP contribution in [0.1, 0.15) is 22.8 Å². The molecule has 1 nitrogen and oxygen atoms in total. The molecule has 0 N–H and O–H groups in total. The Labute approximate surface area is 144 Å². The Morgan fingerprint density at radius 1 is 0.667 bits per heavy atom. The van der Waals surface area contributed by atoms with Crippen molar-refractivity contribution in [2.24, 2.45) is 0 Å². The van der Waals surface area contributed by atoms with Crippen LogP contribution in [0.3, 0.4) is 0 Å². The highest BCUT2D eigenvalue weighted by molar-refractivity contribution is 5.23. The predicted molar refractivity (Wildman–Crippen MR) is 99.7 cm³/mol. The SMILES string of the molecule is C(=C\C(OCc1ccccc1)c1ccccc1)/Cc1ccccc1. The quantitative estimate of drug-likeness (QED) is 0.505. The summed E-state index contributed by atoms with van der Waals surface area (Å²) in [5.74, 6) is 0. The van der Waals surface area contributed by atoms with Crippen molar-refractivity contribution < 1.29 is 4.74 Å². The first-order valence-electron chi connectivity index (χ1n) is 8.33. The van der Waals surface area contributed by atoms with Crippen LogP contribution in [-0.2, 0) is 17.8 Å². The van der Waals surface area contributed by atoms with Gasteiger partial charge >= 0.3 is 0 Å². The van der Waals surface area contributed by atoms with Crippen molar-refractivity contribution in [2.75, 3.05) is 0 Å². The molecule has 24 heavy (non-hydrogen) atoms. The van der Waals surface area contributed by atoms with Crippen molar-refractivity contribution in [3.8, 4) is 0 Å². The molecule has 0 aromatic heterocycles. The second-order valence-electron chi connectivity index (χ2n) is 5.75. The van der Waals surface area contributed by atoms with Gasteiger partial charge in [0.2, 0.25) is 0 Å². The van der Waals surface area contributed by atoms with Gasteiger partial charge in [0.1, 0.15) is 6.10 Å². The Bertz CT molecular complexity index is 733. The van der Waals surface area contributed by atoms with Gasteiger partial charge in [0, 0.05) is 0 Å². The lowest BCUT2D eigenvalue weighted by molar-refractivity contribution is 0.0717. The smallest absolute Gasteiger partial charge is 0.101 e. The van der Waals surface area contributed by atoms with E-state index in [1.165, 1.54) is 16.7 Å². The summed E-state index contributed by atoms with van der Waals surface area (Å²) in [5.41, 5.74) is 3.68. The fourth-order valence-corrected chi connectivity index (χ4v) is 2.61. The van der Waals surface area contributed by atoms with E-state index in [0.29, 0.717) is 6.61 Å². The van der Waals surface area contributed by atoms with Gasteiger partial charge in [0.25, 0.3) is 0 Å². The summed E-state index contributed by atoms with van der Waals surface area (Å²) in [6, 6.07) is 31.1. The van der Waals surface area contributed by atoms with Crippen LogP contribution < -0.4 is 0 Å². The molecule has 0 aliphatic rings. The Morgan fingerprint density at radius 3 is 1.83 bits per heavy atom. The van der Waals surface area contributed by atoms with Crippen molar-refractivity contribution >= 4 is 0 Å². The molecule has 0 radical (unpaired) electrons. The summed E-state index contributed by atoms with van der Waals surface area (Å²) in [6.07, 6.45) is 5.23. The zero-order valence-electron chi connectivity index (χ0n) is 13.7. The van der Waals surface area contributed by atoms with Crippen LogP contribution in [0, 0.1) is 0 Å². The Morgan fingerprint density at radius 2 is 1.21 bits per heavy atom. The van der Waals surface area contributed by atoms with Gasteiger partial charge in [-0.1, -0.05) is 103 Å². The Balaban J connectivity index is 1.68. The molecule has 0 saturated heterocycles. The molecule has 0 aliphatic carbocycles. The molecule has 0 amide bonds. The van der Waals surface area contributed by atoms with Gasteiger partial charge in [0.15, 0.2) is 0 Å². The first-order chi connectivity index (χ1) is 11.9. The highest BCUT2D eigenvalue weighted by Crippen LogP contribution is 2.21. The molecule has 3 aromatic carbocycles. The number of benzene rings is 3. The summed E-state index contributed by atoms with van der Waals surface area (Å²) in [5, 5.41) is 0. The van der Waals surface area contributed by atoms with Crippen LogP contribution in [0.5, 0.6) is 0 Å². The van der Waals surface area contributed by atoms with E-state index in [0.717, 1.165) is 6.42 Å². The molecule has 3 rings (SSSR count). The zero-order chi connectivity index (χ0) is 16.5. The third-order valence-corrected chi connectivity index (χ3v) is 3.91. The second-order valence-corrected chi connectivity index (χ2v) is 5.75. The monoisotopic (exact) mass is 314 g/mol. The molecule has 1 unspecified atom stereocenters. The third-order valence-electron chi connectivity index (χ3n) is 3.91. The molecule has 0 aliphatic heterocycles. The number of allylic oxidation sites excluding steroid dienone is 1. The van der Waals surface area contributed by atoms with Crippen LogP contribution in [0.25, 0.3) is 0 Å². The second kappa shape index (κ2) is 8.85. The maximum atomic E-state index is 6.17. The van der Waals surface area contributed by atoms with Crippen molar-refractivity contribution in [3.05, 3.63) is 120 Å². The van der Waals surface area contributed by atoms with Gasteiger partial charge in [-0.2, -0.15) is 0 Å². The zero-order valence-corrected chi connectivity index (χ0v) is 13.7. The van der Waals surface area contributed by atoms with Gasteiger partial charge in [-0.3, -0.25) is 0 Å². The van der Waals surface area contributed by atoms with E-state index < -0.39 is 0 Å². The maximum Gasteiger partial charge on any atom is 0.101 e. The minimum absolute atomic E-state index is 0.0323. The van der Waals surface area contributed by atoms with E-state index in [4.69, 9.17) is 4.74 Å². The summed E-state index contributed by atoms with van der Waals surface area (Å²) in [4.78, 5) is 0. The minimum atomic E-state index is -0.0323. The highest BCUT2D eigenvalue weighted by atomic mass is 16.5. The summed E-state index contributed by atoms with van der Waals surface area (Å²) < 4.78 is 6.17. The lowest BCUT2D eigenvalue weighted by atomic mass is 10.1. The lowest BCUT2D eigenvalue weighted by Crippen LogP contribution is -2.02. The molecule has 120 valence electrons. The first kappa shape index (κ1) is 16.2. The molecular weight excluding hydrogens is 292 g/mol. The highest BCUT2D eigenvalue weighted by Gasteiger charge is 2.08. The molecule has 0 heterocycles. The van der Waals surface area contributed by atoms with Gasteiger partial charge in [-0.15, -0.1) is 0 Å². The molecule has 0 bridgehead atoms. The minimum Gasteiger partial charge on any atom is -0.365 e. The van der Waals surface area contributed by atoms with E-state index in [-0.39, 0.29) is 6.10 Å². The standard InChI is InChI=1S/C23H22O/c1-4-11-20(12-5-1)15-10-18-23(22-16-8-3-9-17-22)24-19-21-13-6-2-7-14-21/h1-14,16-18,23H,15,19H2/b18-10+. The van der Waals surface area contributed by atoms with Crippen LogP contribution in [-0.4, -0.2) is 0 Å².